The number of carbonyl (C=O) groups excluding carboxylic acids is 2. The molecule has 0 fully saturated rings. The molecule has 0 amide bonds. The second-order valence-corrected chi connectivity index (χ2v) is 7.36. The average Bonchev–Trinajstić information content (AvgIpc) is 2.62. The Balaban J connectivity index is 2.16. The van der Waals surface area contributed by atoms with Crippen molar-refractivity contribution in [3.8, 4) is 5.75 Å². The molecule has 2 rings (SSSR count). The van der Waals surface area contributed by atoms with Crippen molar-refractivity contribution in [2.75, 3.05) is 34.3 Å². The number of likely N-dealkylation sites (N-methyl/N-ethyl adjacent to an activating group) is 1. The van der Waals surface area contributed by atoms with Crippen LogP contribution >= 0.6 is 11.6 Å². The highest BCUT2D eigenvalue weighted by Gasteiger charge is 2.21. The lowest BCUT2D eigenvalue weighted by Gasteiger charge is -2.23. The lowest BCUT2D eigenvalue weighted by molar-refractivity contribution is -0.870. The summed E-state index contributed by atoms with van der Waals surface area (Å²) in [5.74, 6) is -1.52. The highest BCUT2D eigenvalue weighted by atomic mass is 35.5. The van der Waals surface area contributed by atoms with Crippen LogP contribution in [0.4, 0.5) is 5.69 Å². The van der Waals surface area contributed by atoms with E-state index in [0.717, 1.165) is 6.07 Å². The fourth-order valence-corrected chi connectivity index (χ4v) is 2.38. The van der Waals surface area contributed by atoms with Crippen molar-refractivity contribution in [3.63, 3.8) is 0 Å². The largest absolute Gasteiger partial charge is 0.456 e. The molecular weight excluding hydrogens is 388 g/mol. The Kier molecular flexibility index (Phi) is 6.71. The van der Waals surface area contributed by atoms with Gasteiger partial charge in [0.25, 0.3) is 5.69 Å². The molecule has 0 N–H and O–H groups in total. The summed E-state index contributed by atoms with van der Waals surface area (Å²) in [4.78, 5) is 35.0. The second-order valence-electron chi connectivity index (χ2n) is 6.96. The molecule has 2 aromatic carbocycles. The molecule has 0 aliphatic rings. The molecule has 9 heteroatoms. The molecule has 2 aromatic rings. The number of halogens is 1. The zero-order chi connectivity index (χ0) is 20.9. The van der Waals surface area contributed by atoms with Gasteiger partial charge in [-0.1, -0.05) is 23.7 Å². The maximum absolute atomic E-state index is 12.5. The van der Waals surface area contributed by atoms with Crippen LogP contribution in [-0.4, -0.2) is 55.6 Å². The van der Waals surface area contributed by atoms with Gasteiger partial charge in [0, 0.05) is 12.1 Å². The molecule has 148 valence electrons. The van der Waals surface area contributed by atoms with Gasteiger partial charge in [0.1, 0.15) is 18.9 Å². The summed E-state index contributed by atoms with van der Waals surface area (Å²) < 4.78 is 11.1. The zero-order valence-electron chi connectivity index (χ0n) is 15.7. The van der Waals surface area contributed by atoms with Gasteiger partial charge in [-0.3, -0.25) is 10.1 Å². The molecule has 0 aromatic heterocycles. The van der Waals surface area contributed by atoms with E-state index in [0.29, 0.717) is 11.0 Å². The monoisotopic (exact) mass is 407 g/mol. The number of nitrogens with zero attached hydrogens (tertiary/aromatic N) is 2. The number of nitro groups is 1. The number of hydrogen-bond donors (Lipinski definition) is 0. The van der Waals surface area contributed by atoms with Crippen LogP contribution in [0.15, 0.2) is 42.5 Å². The van der Waals surface area contributed by atoms with E-state index in [4.69, 9.17) is 21.1 Å². The molecule has 0 saturated heterocycles. The third kappa shape index (κ3) is 5.77. The fourth-order valence-electron chi connectivity index (χ4n) is 2.17. The van der Waals surface area contributed by atoms with Crippen LogP contribution in [0.25, 0.3) is 0 Å². The topological polar surface area (TPSA) is 95.7 Å². The number of benzene rings is 2. The Bertz CT molecular complexity index is 908. The number of carbonyl (C=O) groups is 2. The second kappa shape index (κ2) is 8.81. The summed E-state index contributed by atoms with van der Waals surface area (Å²) in [5, 5.41) is 10.7. The molecule has 0 unspecified atom stereocenters. The van der Waals surface area contributed by atoms with Gasteiger partial charge in [-0.05, 0) is 18.2 Å². The molecule has 0 radical (unpaired) electrons. The third-order valence-electron chi connectivity index (χ3n) is 3.69. The van der Waals surface area contributed by atoms with E-state index in [9.17, 15) is 19.7 Å². The smallest absolute Gasteiger partial charge is 0.344 e. The number of ether oxygens (including phenoxy) is 2. The Morgan fingerprint density at radius 1 is 1.07 bits per heavy atom. The van der Waals surface area contributed by atoms with E-state index in [1.54, 1.807) is 12.1 Å². The number of quaternary nitrogens is 1. The summed E-state index contributed by atoms with van der Waals surface area (Å²) >= 11 is 5.94. The van der Waals surface area contributed by atoms with Crippen molar-refractivity contribution in [3.05, 3.63) is 68.7 Å². The highest BCUT2D eigenvalue weighted by Crippen LogP contribution is 2.29. The minimum absolute atomic E-state index is 0.00664. The maximum atomic E-state index is 12.5. The predicted octanol–water partition coefficient (Wildman–Crippen LogP) is 3.33. The predicted molar refractivity (Wildman–Crippen MR) is 103 cm³/mol. The first-order valence-electron chi connectivity index (χ1n) is 8.31. The lowest BCUT2D eigenvalue weighted by atomic mass is 10.1. The Hall–Kier alpha value is -2.97. The van der Waals surface area contributed by atoms with Crippen molar-refractivity contribution in [1.82, 2.24) is 0 Å². The molecular formula is C19H20ClN2O6+. The van der Waals surface area contributed by atoms with E-state index >= 15 is 0 Å². The van der Waals surface area contributed by atoms with Gasteiger partial charge >= 0.3 is 11.9 Å². The lowest BCUT2D eigenvalue weighted by Crippen LogP contribution is -2.38. The normalized spacial score (nSPS) is 11.0. The minimum atomic E-state index is -0.824. The fraction of sp³-hybridized carbons (Fsp3) is 0.263. The molecule has 0 atom stereocenters. The first-order valence-corrected chi connectivity index (χ1v) is 8.69. The minimum Gasteiger partial charge on any atom is -0.456 e. The van der Waals surface area contributed by atoms with Crippen LogP contribution < -0.4 is 4.74 Å². The van der Waals surface area contributed by atoms with Crippen molar-refractivity contribution in [2.45, 2.75) is 0 Å². The quantitative estimate of drug-likeness (QED) is 0.230. The molecule has 8 nitrogen and oxygen atoms in total. The van der Waals surface area contributed by atoms with Crippen molar-refractivity contribution in [2.24, 2.45) is 0 Å². The molecule has 28 heavy (non-hydrogen) atoms. The summed E-state index contributed by atoms with van der Waals surface area (Å²) in [5.41, 5.74) is -0.162. The zero-order valence-corrected chi connectivity index (χ0v) is 16.4. The third-order valence-corrected chi connectivity index (χ3v) is 3.99. The van der Waals surface area contributed by atoms with E-state index in [1.807, 2.05) is 21.1 Å². The molecule has 0 heterocycles. The van der Waals surface area contributed by atoms with Gasteiger partial charge in [0.05, 0.1) is 42.2 Å². The SMILES string of the molecule is C[N+](C)(C)CCOC(=O)c1ccccc1C(=O)Oc1ccc([N+](=O)[O-])cc1Cl. The average molecular weight is 408 g/mol. The van der Waals surface area contributed by atoms with E-state index < -0.39 is 16.9 Å². The molecule has 0 spiro atoms. The first-order chi connectivity index (χ1) is 13.1. The van der Waals surface area contributed by atoms with Crippen LogP contribution in [0.1, 0.15) is 20.7 Å². The van der Waals surface area contributed by atoms with Crippen molar-refractivity contribution >= 4 is 29.2 Å². The van der Waals surface area contributed by atoms with E-state index in [2.05, 4.69) is 0 Å². The number of rotatable bonds is 7. The molecule has 0 bridgehead atoms. The van der Waals surface area contributed by atoms with Gasteiger partial charge < -0.3 is 14.0 Å². The van der Waals surface area contributed by atoms with Crippen LogP contribution in [0.2, 0.25) is 5.02 Å². The Labute approximate surface area is 167 Å². The van der Waals surface area contributed by atoms with Gasteiger partial charge in [-0.15, -0.1) is 0 Å². The first kappa shape index (κ1) is 21.3. The van der Waals surface area contributed by atoms with Crippen LogP contribution in [-0.2, 0) is 4.74 Å². The Morgan fingerprint density at radius 3 is 2.21 bits per heavy atom. The van der Waals surface area contributed by atoms with Gasteiger partial charge in [0.15, 0.2) is 0 Å². The van der Waals surface area contributed by atoms with Crippen LogP contribution in [0.3, 0.4) is 0 Å². The van der Waals surface area contributed by atoms with E-state index in [1.165, 1.54) is 24.3 Å². The summed E-state index contributed by atoms with van der Waals surface area (Å²) in [7, 11) is 5.90. The van der Waals surface area contributed by atoms with Crippen LogP contribution in [0.5, 0.6) is 5.75 Å². The van der Waals surface area contributed by atoms with E-state index in [-0.39, 0.29) is 34.2 Å². The summed E-state index contributed by atoms with van der Waals surface area (Å²) in [6.45, 7) is 0.802. The molecule has 0 aliphatic carbocycles. The number of non-ortho nitro benzene ring substituents is 1. The number of nitro benzene ring substituents is 1. The van der Waals surface area contributed by atoms with Crippen LogP contribution in [0, 0.1) is 10.1 Å². The molecule has 0 aliphatic heterocycles. The Morgan fingerprint density at radius 2 is 1.68 bits per heavy atom. The summed E-state index contributed by atoms with van der Waals surface area (Å²) in [6.07, 6.45) is 0. The van der Waals surface area contributed by atoms with Gasteiger partial charge in [-0.25, -0.2) is 9.59 Å². The number of esters is 2. The molecule has 0 saturated carbocycles. The van der Waals surface area contributed by atoms with Gasteiger partial charge in [0.2, 0.25) is 0 Å². The number of hydrogen-bond acceptors (Lipinski definition) is 6. The standard InChI is InChI=1S/C19H20ClN2O6/c1-22(2,3)10-11-27-18(23)14-6-4-5-7-15(14)19(24)28-17-9-8-13(21(25)26)12-16(17)20/h4-9,12H,10-11H2,1-3H3/q+1. The maximum Gasteiger partial charge on any atom is 0.344 e. The summed E-state index contributed by atoms with van der Waals surface area (Å²) in [6, 6.07) is 9.54. The van der Waals surface area contributed by atoms with Crippen molar-refractivity contribution in [1.29, 1.82) is 0 Å². The van der Waals surface area contributed by atoms with Gasteiger partial charge in [-0.2, -0.15) is 0 Å². The van der Waals surface area contributed by atoms with Crippen molar-refractivity contribution < 1.29 is 28.5 Å². The highest BCUT2D eigenvalue weighted by molar-refractivity contribution is 6.32.